The normalized spacial score (nSPS) is 15.5. The summed E-state index contributed by atoms with van der Waals surface area (Å²) in [6.45, 7) is 6.24. The number of anilines is 2. The SMILES string of the molecule is CCc1ccc(N(C(C)=O)c2nc(Cn3cnc4sc5c(c4c3=O)CCC(C)C5)cs2)cc1. The number of aryl methyl sites for hydroxylation is 2. The van der Waals surface area contributed by atoms with Crippen molar-refractivity contribution < 1.29 is 4.79 Å². The molecular weight excluding hydrogens is 452 g/mol. The Bertz CT molecular complexity index is 1380. The fraction of sp³-hybridized carbons (Fsp3) is 0.360. The number of thiazole rings is 1. The van der Waals surface area contributed by atoms with Gasteiger partial charge in [-0.2, -0.15) is 0 Å². The van der Waals surface area contributed by atoms with Crippen molar-refractivity contribution in [3.05, 3.63) is 68.0 Å². The van der Waals surface area contributed by atoms with Crippen LogP contribution in [0.3, 0.4) is 0 Å². The van der Waals surface area contributed by atoms with Gasteiger partial charge >= 0.3 is 0 Å². The Hall–Kier alpha value is -2.84. The van der Waals surface area contributed by atoms with Crippen LogP contribution in [-0.4, -0.2) is 20.4 Å². The standard InChI is InChI=1S/C25H26N4O2S2/c1-4-17-6-8-19(9-7-17)29(16(3)30)25-27-18(13-32-25)12-28-14-26-23-22(24(28)31)20-10-5-15(2)11-21(20)33-23/h6-9,13-15H,4-5,10-12H2,1-3H3. The number of aromatic nitrogens is 3. The molecule has 0 fully saturated rings. The number of rotatable bonds is 5. The maximum absolute atomic E-state index is 13.3. The lowest BCUT2D eigenvalue weighted by Crippen LogP contribution is -2.23. The van der Waals surface area contributed by atoms with Gasteiger partial charge in [0.15, 0.2) is 5.13 Å². The molecule has 0 bridgehead atoms. The first-order chi connectivity index (χ1) is 15.9. The number of carbonyl (C=O) groups excluding carboxylic acids is 1. The summed E-state index contributed by atoms with van der Waals surface area (Å²) in [6, 6.07) is 7.96. The van der Waals surface area contributed by atoms with Crippen LogP contribution < -0.4 is 10.5 Å². The molecule has 0 saturated carbocycles. The molecule has 6 nitrogen and oxygen atoms in total. The van der Waals surface area contributed by atoms with Crippen LogP contribution in [0.5, 0.6) is 0 Å². The largest absolute Gasteiger partial charge is 0.293 e. The summed E-state index contributed by atoms with van der Waals surface area (Å²) in [4.78, 5) is 38.8. The second-order valence-corrected chi connectivity index (χ2v) is 10.6. The summed E-state index contributed by atoms with van der Waals surface area (Å²) in [5.74, 6) is 0.558. The Morgan fingerprint density at radius 3 is 2.79 bits per heavy atom. The lowest BCUT2D eigenvalue weighted by atomic mass is 9.89. The minimum Gasteiger partial charge on any atom is -0.293 e. The van der Waals surface area contributed by atoms with E-state index in [2.05, 4.69) is 18.8 Å². The van der Waals surface area contributed by atoms with E-state index in [1.165, 1.54) is 34.3 Å². The second kappa shape index (κ2) is 8.83. The second-order valence-electron chi connectivity index (χ2n) is 8.71. The van der Waals surface area contributed by atoms with Gasteiger partial charge in [-0.1, -0.05) is 26.0 Å². The fourth-order valence-electron chi connectivity index (χ4n) is 4.43. The van der Waals surface area contributed by atoms with Gasteiger partial charge in [0.25, 0.3) is 5.56 Å². The molecule has 170 valence electrons. The van der Waals surface area contributed by atoms with Crippen molar-refractivity contribution in [3.63, 3.8) is 0 Å². The van der Waals surface area contributed by atoms with E-state index in [1.807, 2.05) is 29.6 Å². The summed E-state index contributed by atoms with van der Waals surface area (Å²) in [5, 5.41) is 3.29. The molecule has 1 aliphatic carbocycles. The van der Waals surface area contributed by atoms with Crippen molar-refractivity contribution in [2.24, 2.45) is 5.92 Å². The highest BCUT2D eigenvalue weighted by atomic mass is 32.1. The molecule has 3 aromatic heterocycles. The van der Waals surface area contributed by atoms with E-state index in [0.29, 0.717) is 17.6 Å². The first-order valence-corrected chi connectivity index (χ1v) is 13.0. The van der Waals surface area contributed by atoms with Gasteiger partial charge in [0.2, 0.25) is 5.91 Å². The van der Waals surface area contributed by atoms with Gasteiger partial charge in [-0.05, 0) is 54.9 Å². The highest BCUT2D eigenvalue weighted by Gasteiger charge is 2.24. The minimum absolute atomic E-state index is 0.000168. The average molecular weight is 479 g/mol. The van der Waals surface area contributed by atoms with Crippen LogP contribution in [0.2, 0.25) is 0 Å². The zero-order valence-corrected chi connectivity index (χ0v) is 20.6. The molecule has 3 heterocycles. The first-order valence-electron chi connectivity index (χ1n) is 11.3. The molecule has 0 radical (unpaired) electrons. The number of hydrogen-bond acceptors (Lipinski definition) is 6. The van der Waals surface area contributed by atoms with Crippen molar-refractivity contribution in [1.82, 2.24) is 14.5 Å². The molecular formula is C25H26N4O2S2. The smallest absolute Gasteiger partial charge is 0.262 e. The van der Waals surface area contributed by atoms with Crippen LogP contribution in [-0.2, 0) is 30.6 Å². The van der Waals surface area contributed by atoms with Crippen LogP contribution in [0, 0.1) is 5.92 Å². The van der Waals surface area contributed by atoms with Crippen molar-refractivity contribution in [2.75, 3.05) is 4.90 Å². The first kappa shape index (κ1) is 22.0. The van der Waals surface area contributed by atoms with Gasteiger partial charge in [-0.25, -0.2) is 9.97 Å². The highest BCUT2D eigenvalue weighted by molar-refractivity contribution is 7.18. The highest BCUT2D eigenvalue weighted by Crippen LogP contribution is 2.35. The maximum atomic E-state index is 13.3. The number of nitrogens with zero attached hydrogens (tertiary/aromatic N) is 4. The molecule has 4 aromatic rings. The van der Waals surface area contributed by atoms with Crippen LogP contribution in [0.25, 0.3) is 10.2 Å². The molecule has 0 saturated heterocycles. The molecule has 1 amide bonds. The van der Waals surface area contributed by atoms with Crippen molar-refractivity contribution in [2.45, 2.75) is 53.0 Å². The summed E-state index contributed by atoms with van der Waals surface area (Å²) in [6.07, 6.45) is 5.67. The third-order valence-electron chi connectivity index (χ3n) is 6.26. The minimum atomic E-state index is -0.0977. The number of benzene rings is 1. The van der Waals surface area contributed by atoms with Gasteiger partial charge < -0.3 is 0 Å². The monoisotopic (exact) mass is 478 g/mol. The van der Waals surface area contributed by atoms with Crippen LogP contribution >= 0.6 is 22.7 Å². The maximum Gasteiger partial charge on any atom is 0.262 e. The zero-order chi connectivity index (χ0) is 23.1. The van der Waals surface area contributed by atoms with E-state index in [0.717, 1.165) is 47.3 Å². The lowest BCUT2D eigenvalue weighted by molar-refractivity contribution is -0.115. The number of carbonyl (C=O) groups is 1. The quantitative estimate of drug-likeness (QED) is 0.389. The third kappa shape index (κ3) is 4.13. The molecule has 1 atom stereocenters. The van der Waals surface area contributed by atoms with E-state index in [-0.39, 0.29) is 11.5 Å². The Kier molecular flexibility index (Phi) is 5.88. The number of amides is 1. The van der Waals surface area contributed by atoms with Crippen molar-refractivity contribution in [3.8, 4) is 0 Å². The Balaban J connectivity index is 1.45. The van der Waals surface area contributed by atoms with Gasteiger partial charge in [-0.3, -0.25) is 19.1 Å². The predicted molar refractivity (Wildman–Crippen MR) is 135 cm³/mol. The van der Waals surface area contributed by atoms with Crippen LogP contribution in [0.1, 0.15) is 48.9 Å². The van der Waals surface area contributed by atoms with Crippen molar-refractivity contribution >= 4 is 49.6 Å². The molecule has 5 rings (SSSR count). The van der Waals surface area contributed by atoms with E-state index in [1.54, 1.807) is 27.1 Å². The van der Waals surface area contributed by atoms with E-state index < -0.39 is 0 Å². The third-order valence-corrected chi connectivity index (χ3v) is 8.30. The van der Waals surface area contributed by atoms with Gasteiger partial charge in [0, 0.05) is 17.2 Å². The van der Waals surface area contributed by atoms with E-state index >= 15 is 0 Å². The summed E-state index contributed by atoms with van der Waals surface area (Å²) < 4.78 is 1.64. The molecule has 8 heteroatoms. The molecule has 0 spiro atoms. The topological polar surface area (TPSA) is 68.1 Å². The van der Waals surface area contributed by atoms with Crippen LogP contribution in [0.4, 0.5) is 10.8 Å². The summed E-state index contributed by atoms with van der Waals surface area (Å²) in [5.41, 5.74) is 3.94. The lowest BCUT2D eigenvalue weighted by Gasteiger charge is -2.18. The van der Waals surface area contributed by atoms with Gasteiger partial charge in [0.05, 0.1) is 29.6 Å². The fourth-order valence-corrected chi connectivity index (χ4v) is 6.65. The number of thiophene rings is 1. The van der Waals surface area contributed by atoms with E-state index in [9.17, 15) is 9.59 Å². The van der Waals surface area contributed by atoms with Crippen LogP contribution in [0.15, 0.2) is 40.8 Å². The van der Waals surface area contributed by atoms with Gasteiger partial charge in [0.1, 0.15) is 4.83 Å². The molecule has 0 N–H and O–H groups in total. The Labute approximate surface area is 200 Å². The van der Waals surface area contributed by atoms with Crippen molar-refractivity contribution in [1.29, 1.82) is 0 Å². The zero-order valence-electron chi connectivity index (χ0n) is 19.0. The van der Waals surface area contributed by atoms with Gasteiger partial charge in [-0.15, -0.1) is 22.7 Å². The summed E-state index contributed by atoms with van der Waals surface area (Å²) >= 11 is 3.07. The predicted octanol–water partition coefficient (Wildman–Crippen LogP) is 5.33. The molecule has 33 heavy (non-hydrogen) atoms. The molecule has 1 aliphatic rings. The molecule has 0 aliphatic heterocycles. The Morgan fingerprint density at radius 1 is 1.27 bits per heavy atom. The molecule has 1 aromatic carbocycles. The number of hydrogen-bond donors (Lipinski definition) is 0. The summed E-state index contributed by atoms with van der Waals surface area (Å²) in [7, 11) is 0. The Morgan fingerprint density at radius 2 is 2.06 bits per heavy atom. The number of fused-ring (bicyclic) bond motifs is 3. The van der Waals surface area contributed by atoms with E-state index in [4.69, 9.17) is 4.98 Å². The average Bonchev–Trinajstić information content (AvgIpc) is 3.40. The molecule has 1 unspecified atom stereocenters.